The summed E-state index contributed by atoms with van der Waals surface area (Å²) in [4.78, 5) is 2.44. The highest BCUT2D eigenvalue weighted by Gasteiger charge is 2.34. The van der Waals surface area contributed by atoms with E-state index in [-0.39, 0.29) is 6.04 Å². The van der Waals surface area contributed by atoms with Crippen LogP contribution in [0.4, 0.5) is 0 Å². The van der Waals surface area contributed by atoms with Crippen LogP contribution in [-0.4, -0.2) is 49.8 Å². The molecule has 2 heterocycles. The summed E-state index contributed by atoms with van der Waals surface area (Å²) in [6, 6.07) is 21.7. The minimum absolute atomic E-state index is 0.0394. The van der Waals surface area contributed by atoms with Crippen LogP contribution in [0.1, 0.15) is 24.0 Å². The molecule has 2 aromatic carbocycles. The van der Waals surface area contributed by atoms with Crippen molar-refractivity contribution in [2.75, 3.05) is 26.2 Å². The van der Waals surface area contributed by atoms with Gasteiger partial charge in [0.1, 0.15) is 4.21 Å². The first-order chi connectivity index (χ1) is 15.5. The molecule has 4 rings (SSSR count). The van der Waals surface area contributed by atoms with Gasteiger partial charge < -0.3 is 4.90 Å². The fourth-order valence-corrected chi connectivity index (χ4v) is 7.21. The zero-order valence-electron chi connectivity index (χ0n) is 18.1. The van der Waals surface area contributed by atoms with Gasteiger partial charge in [-0.2, -0.15) is 4.31 Å². The summed E-state index contributed by atoms with van der Waals surface area (Å²) in [5, 5.41) is 2.60. The Morgan fingerprint density at radius 1 is 0.906 bits per heavy atom. The Bertz CT molecular complexity index is 1060. The lowest BCUT2D eigenvalue weighted by Gasteiger charge is -2.37. The molecule has 1 aromatic heterocycles. The molecule has 170 valence electrons. The molecule has 32 heavy (non-hydrogen) atoms. The van der Waals surface area contributed by atoms with Crippen LogP contribution in [0.2, 0.25) is 5.02 Å². The van der Waals surface area contributed by atoms with Crippen molar-refractivity contribution in [1.29, 1.82) is 0 Å². The summed E-state index contributed by atoms with van der Waals surface area (Å²) in [6.07, 6.45) is 3.43. The lowest BCUT2D eigenvalue weighted by atomic mass is 10.0. The van der Waals surface area contributed by atoms with Gasteiger partial charge in [-0.25, -0.2) is 8.42 Å². The van der Waals surface area contributed by atoms with Crippen molar-refractivity contribution in [3.8, 4) is 0 Å². The van der Waals surface area contributed by atoms with Crippen LogP contribution in [0, 0.1) is 0 Å². The van der Waals surface area contributed by atoms with E-state index < -0.39 is 10.0 Å². The van der Waals surface area contributed by atoms with Crippen LogP contribution in [0.5, 0.6) is 0 Å². The van der Waals surface area contributed by atoms with Gasteiger partial charge in [0.05, 0.1) is 0 Å². The molecule has 0 aliphatic carbocycles. The Hall–Kier alpha value is -1.70. The fraction of sp³-hybridized carbons (Fsp3) is 0.360. The van der Waals surface area contributed by atoms with Gasteiger partial charge in [0, 0.05) is 24.2 Å². The van der Waals surface area contributed by atoms with E-state index in [0.29, 0.717) is 10.8 Å². The zero-order chi connectivity index (χ0) is 22.4. The number of likely N-dealkylation sites (tertiary alicyclic amines) is 1. The van der Waals surface area contributed by atoms with Gasteiger partial charge in [-0.05, 0) is 73.5 Å². The Morgan fingerprint density at radius 3 is 2.25 bits per heavy atom. The van der Waals surface area contributed by atoms with Crippen molar-refractivity contribution in [3.63, 3.8) is 0 Å². The lowest BCUT2D eigenvalue weighted by Crippen LogP contribution is -2.48. The molecule has 7 heteroatoms. The maximum Gasteiger partial charge on any atom is 0.252 e. The second-order valence-corrected chi connectivity index (χ2v) is 11.7. The van der Waals surface area contributed by atoms with Crippen LogP contribution in [0.15, 0.2) is 76.3 Å². The highest BCUT2D eigenvalue weighted by Crippen LogP contribution is 2.27. The number of thiophene rings is 1. The van der Waals surface area contributed by atoms with E-state index in [2.05, 4.69) is 29.2 Å². The minimum Gasteiger partial charge on any atom is -0.303 e. The quantitative estimate of drug-likeness (QED) is 0.408. The third-order valence-corrected chi connectivity index (χ3v) is 9.69. The summed E-state index contributed by atoms with van der Waals surface area (Å²) in [5.74, 6) is 0. The molecule has 0 spiro atoms. The van der Waals surface area contributed by atoms with Crippen LogP contribution >= 0.6 is 22.9 Å². The van der Waals surface area contributed by atoms with Crippen LogP contribution in [0.25, 0.3) is 0 Å². The third kappa shape index (κ3) is 6.00. The van der Waals surface area contributed by atoms with Crippen molar-refractivity contribution >= 4 is 33.0 Å². The molecule has 1 aliphatic heterocycles. The molecular weight excluding hydrogens is 460 g/mol. The van der Waals surface area contributed by atoms with Crippen molar-refractivity contribution < 1.29 is 8.42 Å². The zero-order valence-corrected chi connectivity index (χ0v) is 20.5. The second-order valence-electron chi connectivity index (χ2n) is 8.23. The largest absolute Gasteiger partial charge is 0.303 e. The second kappa shape index (κ2) is 10.9. The molecule has 0 N–H and O–H groups in total. The molecule has 0 unspecified atom stereocenters. The predicted octanol–water partition coefficient (Wildman–Crippen LogP) is 5.34. The molecule has 0 bridgehead atoms. The van der Waals surface area contributed by atoms with E-state index in [9.17, 15) is 8.42 Å². The maximum absolute atomic E-state index is 13.4. The number of hydrogen-bond acceptors (Lipinski definition) is 4. The van der Waals surface area contributed by atoms with E-state index in [1.54, 1.807) is 10.4 Å². The summed E-state index contributed by atoms with van der Waals surface area (Å²) < 4.78 is 29.1. The topological polar surface area (TPSA) is 40.6 Å². The average molecular weight is 489 g/mol. The number of benzene rings is 2. The van der Waals surface area contributed by atoms with E-state index in [0.717, 1.165) is 50.3 Å². The molecule has 0 saturated carbocycles. The van der Waals surface area contributed by atoms with E-state index in [4.69, 9.17) is 11.6 Å². The Kier molecular flexibility index (Phi) is 8.02. The number of piperidine rings is 1. The summed E-state index contributed by atoms with van der Waals surface area (Å²) in [6.45, 7) is 3.33. The van der Waals surface area contributed by atoms with E-state index in [1.807, 2.05) is 41.8 Å². The van der Waals surface area contributed by atoms with Gasteiger partial charge in [0.2, 0.25) is 0 Å². The molecule has 1 fully saturated rings. The summed E-state index contributed by atoms with van der Waals surface area (Å²) >= 11 is 7.28. The number of hydrogen-bond donors (Lipinski definition) is 0. The Labute approximate surface area is 200 Å². The Balaban J connectivity index is 1.39. The minimum atomic E-state index is -3.48. The van der Waals surface area contributed by atoms with E-state index >= 15 is 0 Å². The molecule has 3 aromatic rings. The van der Waals surface area contributed by atoms with Crippen LogP contribution in [0.3, 0.4) is 0 Å². The molecular formula is C25H29ClN2O2S2. The van der Waals surface area contributed by atoms with Gasteiger partial charge in [-0.15, -0.1) is 11.3 Å². The maximum atomic E-state index is 13.4. The van der Waals surface area contributed by atoms with Gasteiger partial charge >= 0.3 is 0 Å². The average Bonchev–Trinajstić information content (AvgIpc) is 3.36. The van der Waals surface area contributed by atoms with Gasteiger partial charge in [0.15, 0.2) is 0 Å². The lowest BCUT2D eigenvalue weighted by molar-refractivity contribution is 0.160. The molecule has 1 saturated heterocycles. The first-order valence-corrected chi connectivity index (χ1v) is 13.8. The fourth-order valence-electron chi connectivity index (χ4n) is 4.28. The van der Waals surface area contributed by atoms with Gasteiger partial charge in [-0.1, -0.05) is 60.1 Å². The smallest absolute Gasteiger partial charge is 0.252 e. The van der Waals surface area contributed by atoms with Gasteiger partial charge in [0.25, 0.3) is 10.0 Å². The predicted molar refractivity (Wildman–Crippen MR) is 133 cm³/mol. The number of rotatable bonds is 9. The van der Waals surface area contributed by atoms with Crippen molar-refractivity contribution in [2.45, 2.75) is 35.9 Å². The van der Waals surface area contributed by atoms with Crippen LogP contribution < -0.4 is 0 Å². The number of sulfonamides is 1. The Morgan fingerprint density at radius 2 is 1.59 bits per heavy atom. The van der Waals surface area contributed by atoms with E-state index in [1.165, 1.54) is 22.5 Å². The summed E-state index contributed by atoms with van der Waals surface area (Å²) in [7, 11) is -3.48. The molecule has 0 atom stereocenters. The molecule has 1 aliphatic rings. The highest BCUT2D eigenvalue weighted by atomic mass is 35.5. The van der Waals surface area contributed by atoms with Crippen molar-refractivity contribution in [3.05, 3.63) is 88.3 Å². The highest BCUT2D eigenvalue weighted by molar-refractivity contribution is 7.91. The standard InChI is InChI=1S/C25H29ClN2O2S2/c26-23-10-8-22(9-11-23)12-16-27-17-14-24(15-18-27)28(19-13-21-5-2-1-3-6-21)32(29,30)25-7-4-20-31-25/h1-11,20,24H,12-19H2. The summed E-state index contributed by atoms with van der Waals surface area (Å²) in [5.41, 5.74) is 2.44. The number of halogens is 1. The van der Waals surface area contributed by atoms with Crippen molar-refractivity contribution in [1.82, 2.24) is 9.21 Å². The molecule has 0 radical (unpaired) electrons. The monoisotopic (exact) mass is 488 g/mol. The van der Waals surface area contributed by atoms with Crippen LogP contribution in [-0.2, 0) is 22.9 Å². The number of nitrogens with zero attached hydrogens (tertiary/aromatic N) is 2. The molecule has 0 amide bonds. The first-order valence-electron chi connectivity index (χ1n) is 11.1. The molecule has 4 nitrogen and oxygen atoms in total. The van der Waals surface area contributed by atoms with Gasteiger partial charge in [-0.3, -0.25) is 0 Å². The first kappa shape index (κ1) is 23.5. The normalized spacial score (nSPS) is 15.9. The van der Waals surface area contributed by atoms with Crippen molar-refractivity contribution in [2.24, 2.45) is 0 Å². The SMILES string of the molecule is O=S(=O)(c1cccs1)N(CCc1ccccc1)C1CCN(CCc2ccc(Cl)cc2)CC1. The third-order valence-electron chi connectivity index (χ3n) is 6.12.